The van der Waals surface area contributed by atoms with Crippen LogP contribution in [0, 0.1) is 6.92 Å². The lowest BCUT2D eigenvalue weighted by molar-refractivity contribution is -0.127. The van der Waals surface area contributed by atoms with Crippen molar-refractivity contribution in [1.29, 1.82) is 0 Å². The van der Waals surface area contributed by atoms with Gasteiger partial charge in [-0.2, -0.15) is 4.98 Å². The van der Waals surface area contributed by atoms with E-state index in [0.717, 1.165) is 40.8 Å². The van der Waals surface area contributed by atoms with Gasteiger partial charge in [-0.05, 0) is 55.5 Å². The third kappa shape index (κ3) is 6.26. The number of aryl methyl sites for hydroxylation is 2. The summed E-state index contributed by atoms with van der Waals surface area (Å²) in [5.41, 5.74) is 9.32. The van der Waals surface area contributed by atoms with Gasteiger partial charge >= 0.3 is 0 Å². The molecule has 10 heteroatoms. The number of ether oxygens (including phenoxy) is 2. The van der Waals surface area contributed by atoms with Gasteiger partial charge in [0.25, 0.3) is 5.89 Å². The lowest BCUT2D eigenvalue weighted by atomic mass is 10.0. The Labute approximate surface area is 215 Å². The fourth-order valence-corrected chi connectivity index (χ4v) is 4.71. The molecule has 0 spiro atoms. The first-order valence-corrected chi connectivity index (χ1v) is 12.6. The van der Waals surface area contributed by atoms with E-state index in [0.29, 0.717) is 35.7 Å². The minimum absolute atomic E-state index is 0.0862. The summed E-state index contributed by atoms with van der Waals surface area (Å²) in [6.45, 7) is 3.80. The van der Waals surface area contributed by atoms with Gasteiger partial charge in [0.1, 0.15) is 18.5 Å². The summed E-state index contributed by atoms with van der Waals surface area (Å²) in [4.78, 5) is 20.3. The van der Waals surface area contributed by atoms with Gasteiger partial charge in [-0.25, -0.2) is 4.98 Å². The SMILES string of the molecule is CCc1cc(-c2noc(-c3cc(OC)nc(C4CCCC4)c3)n2)cc(C)c1OC[C@@H](O)CC(O)C(N)=O. The molecule has 1 fully saturated rings. The van der Waals surface area contributed by atoms with Gasteiger partial charge in [0.2, 0.25) is 17.6 Å². The number of aliphatic hydroxyl groups excluding tert-OH is 2. The van der Waals surface area contributed by atoms with E-state index in [1.165, 1.54) is 12.8 Å². The molecule has 3 aromatic rings. The summed E-state index contributed by atoms with van der Waals surface area (Å²) in [7, 11) is 1.60. The van der Waals surface area contributed by atoms with Crippen LogP contribution in [-0.2, 0) is 11.2 Å². The molecule has 4 N–H and O–H groups in total. The van der Waals surface area contributed by atoms with Crippen molar-refractivity contribution in [2.24, 2.45) is 5.73 Å². The van der Waals surface area contributed by atoms with E-state index < -0.39 is 18.1 Å². The Balaban J connectivity index is 1.55. The largest absolute Gasteiger partial charge is 0.490 e. The fraction of sp³-hybridized carbons (Fsp3) is 0.481. The van der Waals surface area contributed by atoms with E-state index in [9.17, 15) is 15.0 Å². The second-order valence-corrected chi connectivity index (χ2v) is 9.48. The van der Waals surface area contributed by atoms with Crippen LogP contribution < -0.4 is 15.2 Å². The Hall–Kier alpha value is -3.50. The summed E-state index contributed by atoms with van der Waals surface area (Å²) >= 11 is 0. The van der Waals surface area contributed by atoms with Crippen LogP contribution in [0.3, 0.4) is 0 Å². The Kier molecular flexibility index (Phi) is 8.40. The third-order valence-electron chi connectivity index (χ3n) is 6.71. The number of benzene rings is 1. The molecule has 198 valence electrons. The Morgan fingerprint density at radius 3 is 2.59 bits per heavy atom. The molecule has 1 aliphatic carbocycles. The molecule has 1 saturated carbocycles. The maximum Gasteiger partial charge on any atom is 0.258 e. The molecular formula is C27H34N4O6. The molecule has 2 aromatic heterocycles. The molecule has 0 bridgehead atoms. The number of methoxy groups -OCH3 is 1. The molecule has 2 heterocycles. The molecule has 4 rings (SSSR count). The molecule has 10 nitrogen and oxygen atoms in total. The van der Waals surface area contributed by atoms with E-state index in [-0.39, 0.29) is 13.0 Å². The highest BCUT2D eigenvalue weighted by Crippen LogP contribution is 2.36. The molecular weight excluding hydrogens is 476 g/mol. The third-order valence-corrected chi connectivity index (χ3v) is 6.71. The first kappa shape index (κ1) is 26.6. The Morgan fingerprint density at radius 1 is 1.16 bits per heavy atom. The number of aliphatic hydroxyl groups is 2. The van der Waals surface area contributed by atoms with Crippen LogP contribution in [0.15, 0.2) is 28.8 Å². The Bertz CT molecular complexity index is 1240. The number of hydrogen-bond acceptors (Lipinski definition) is 9. The van der Waals surface area contributed by atoms with Gasteiger partial charge in [-0.1, -0.05) is 24.9 Å². The van der Waals surface area contributed by atoms with Gasteiger partial charge in [0, 0.05) is 35.2 Å². The molecule has 37 heavy (non-hydrogen) atoms. The number of nitrogens with two attached hydrogens (primary N) is 1. The van der Waals surface area contributed by atoms with E-state index in [1.54, 1.807) is 13.2 Å². The van der Waals surface area contributed by atoms with E-state index in [1.807, 2.05) is 32.0 Å². The van der Waals surface area contributed by atoms with Crippen molar-refractivity contribution in [1.82, 2.24) is 15.1 Å². The quantitative estimate of drug-likeness (QED) is 0.352. The lowest BCUT2D eigenvalue weighted by Crippen LogP contribution is -2.33. The molecule has 2 atom stereocenters. The fourth-order valence-electron chi connectivity index (χ4n) is 4.71. The molecule has 0 saturated heterocycles. The van der Waals surface area contributed by atoms with Crippen LogP contribution in [0.25, 0.3) is 22.8 Å². The summed E-state index contributed by atoms with van der Waals surface area (Å²) in [5, 5.41) is 23.9. The zero-order valence-corrected chi connectivity index (χ0v) is 21.4. The predicted molar refractivity (Wildman–Crippen MR) is 136 cm³/mol. The number of hydrogen-bond donors (Lipinski definition) is 3. The number of primary amides is 1. The summed E-state index contributed by atoms with van der Waals surface area (Å²) in [5.74, 6) is 1.52. The Morgan fingerprint density at radius 2 is 1.92 bits per heavy atom. The molecule has 1 amide bonds. The van der Waals surface area contributed by atoms with E-state index in [2.05, 4.69) is 15.1 Å². The molecule has 0 aliphatic heterocycles. The maximum absolute atomic E-state index is 11.0. The minimum atomic E-state index is -1.42. The number of pyridine rings is 1. The molecule has 1 aromatic carbocycles. The topological polar surface area (TPSA) is 154 Å². The zero-order valence-electron chi connectivity index (χ0n) is 21.4. The molecule has 0 radical (unpaired) electrons. The number of amides is 1. The average Bonchev–Trinajstić information content (AvgIpc) is 3.60. The summed E-state index contributed by atoms with van der Waals surface area (Å²) in [6.07, 6.45) is 2.65. The second-order valence-electron chi connectivity index (χ2n) is 9.48. The van der Waals surface area contributed by atoms with E-state index >= 15 is 0 Å². The zero-order chi connectivity index (χ0) is 26.5. The van der Waals surface area contributed by atoms with Crippen molar-refractivity contribution in [2.75, 3.05) is 13.7 Å². The number of carbonyl (C=O) groups excluding carboxylic acids is 1. The van der Waals surface area contributed by atoms with Crippen molar-refractivity contribution in [3.63, 3.8) is 0 Å². The molecule has 1 unspecified atom stereocenters. The van der Waals surface area contributed by atoms with Gasteiger partial charge < -0.3 is 29.9 Å². The standard InChI is InChI=1S/C27H34N4O6/c1-4-16-10-18(9-15(2)24(16)36-14-20(32)13-22(33)25(28)34)26-30-27(37-31-26)19-11-21(17-7-5-6-8-17)29-23(12-19)35-3/h9-12,17,20,22,32-33H,4-8,13-14H2,1-3H3,(H2,28,34)/t20-,22?/m0/s1. The van der Waals surface area contributed by atoms with Crippen molar-refractivity contribution < 1.29 is 29.0 Å². The van der Waals surface area contributed by atoms with Crippen molar-refractivity contribution in [2.45, 2.75) is 70.5 Å². The van der Waals surface area contributed by atoms with Crippen LogP contribution in [0.1, 0.15) is 61.8 Å². The number of rotatable bonds is 11. The number of carbonyl (C=O) groups is 1. The van der Waals surface area contributed by atoms with Crippen LogP contribution in [0.5, 0.6) is 11.6 Å². The van der Waals surface area contributed by atoms with Gasteiger partial charge in [-0.15, -0.1) is 0 Å². The molecule has 1 aliphatic rings. The number of aromatic nitrogens is 3. The van der Waals surface area contributed by atoms with Crippen LogP contribution in [0.2, 0.25) is 0 Å². The number of nitrogens with zero attached hydrogens (tertiary/aromatic N) is 3. The summed E-state index contributed by atoms with van der Waals surface area (Å²) in [6, 6.07) is 7.63. The highest BCUT2D eigenvalue weighted by Gasteiger charge is 2.22. The second kappa shape index (κ2) is 11.7. The average molecular weight is 511 g/mol. The maximum atomic E-state index is 11.0. The van der Waals surface area contributed by atoms with Gasteiger partial charge in [-0.3, -0.25) is 4.79 Å². The summed E-state index contributed by atoms with van der Waals surface area (Å²) < 4.78 is 16.9. The highest BCUT2D eigenvalue weighted by molar-refractivity contribution is 5.78. The first-order valence-electron chi connectivity index (χ1n) is 12.6. The predicted octanol–water partition coefficient (Wildman–Crippen LogP) is 3.31. The van der Waals surface area contributed by atoms with Crippen molar-refractivity contribution >= 4 is 5.91 Å². The normalized spacial score (nSPS) is 15.5. The van der Waals surface area contributed by atoms with Crippen LogP contribution in [-0.4, -0.2) is 57.2 Å². The van der Waals surface area contributed by atoms with Crippen LogP contribution in [0.4, 0.5) is 0 Å². The van der Waals surface area contributed by atoms with E-state index in [4.69, 9.17) is 19.7 Å². The van der Waals surface area contributed by atoms with Crippen molar-refractivity contribution in [3.8, 4) is 34.5 Å². The van der Waals surface area contributed by atoms with Crippen LogP contribution >= 0.6 is 0 Å². The van der Waals surface area contributed by atoms with Gasteiger partial charge in [0.05, 0.1) is 13.2 Å². The van der Waals surface area contributed by atoms with Crippen molar-refractivity contribution in [3.05, 3.63) is 41.1 Å². The minimum Gasteiger partial charge on any atom is -0.490 e. The highest BCUT2D eigenvalue weighted by atomic mass is 16.5. The lowest BCUT2D eigenvalue weighted by Gasteiger charge is -2.18. The smallest absolute Gasteiger partial charge is 0.258 e. The van der Waals surface area contributed by atoms with Gasteiger partial charge in [0.15, 0.2) is 0 Å². The first-order chi connectivity index (χ1) is 17.8. The monoisotopic (exact) mass is 510 g/mol.